The quantitative estimate of drug-likeness (QED) is 0.611. The molecule has 0 aliphatic carbocycles. The Morgan fingerprint density at radius 1 is 1.43 bits per heavy atom. The van der Waals surface area contributed by atoms with E-state index in [0.29, 0.717) is 0 Å². The smallest absolute Gasteiger partial charge is 0.159 e. The molecule has 0 radical (unpaired) electrons. The first kappa shape index (κ1) is 11.1. The van der Waals surface area contributed by atoms with Gasteiger partial charge in [-0.3, -0.25) is 0 Å². The molecule has 0 spiro atoms. The normalized spacial score (nSPS) is 14.9. The summed E-state index contributed by atoms with van der Waals surface area (Å²) >= 11 is 5.50. The lowest BCUT2D eigenvalue weighted by molar-refractivity contribution is 0.115. The number of halogens is 3. The summed E-state index contributed by atoms with van der Waals surface area (Å²) in [6, 6.07) is 3.10. The van der Waals surface area contributed by atoms with E-state index in [4.69, 9.17) is 11.6 Å². The molecule has 0 amide bonds. The summed E-state index contributed by atoms with van der Waals surface area (Å²) in [5.41, 5.74) is -1.34. The molecule has 1 N–H and O–H groups in total. The number of benzene rings is 1. The molecule has 0 aromatic heterocycles. The minimum absolute atomic E-state index is 0.165. The van der Waals surface area contributed by atoms with Gasteiger partial charge >= 0.3 is 0 Å². The highest BCUT2D eigenvalue weighted by Gasteiger charge is 2.25. The molecule has 0 aliphatic heterocycles. The van der Waals surface area contributed by atoms with E-state index in [2.05, 4.69) is 6.58 Å². The molecule has 1 atom stereocenters. The third kappa shape index (κ3) is 1.94. The highest BCUT2D eigenvalue weighted by Crippen LogP contribution is 2.25. The van der Waals surface area contributed by atoms with Crippen LogP contribution >= 0.6 is 11.6 Å². The average molecular weight is 219 g/mol. The van der Waals surface area contributed by atoms with Crippen molar-refractivity contribution in [1.29, 1.82) is 0 Å². The average Bonchev–Trinajstić information content (AvgIpc) is 2.21. The third-order valence-corrected chi connectivity index (χ3v) is 2.37. The predicted octanol–water partition coefficient (Wildman–Crippen LogP) is 2.58. The maximum atomic E-state index is 12.8. The van der Waals surface area contributed by atoms with Crippen molar-refractivity contribution in [2.45, 2.75) is 5.60 Å². The van der Waals surface area contributed by atoms with Crippen molar-refractivity contribution in [2.24, 2.45) is 0 Å². The van der Waals surface area contributed by atoms with Crippen LogP contribution in [0.3, 0.4) is 0 Å². The Labute approximate surface area is 85.6 Å². The molecule has 0 fully saturated rings. The Bertz CT molecular complexity index is 354. The summed E-state index contributed by atoms with van der Waals surface area (Å²) in [6.45, 7) is 3.38. The lowest BCUT2D eigenvalue weighted by atomic mass is 9.96. The van der Waals surface area contributed by atoms with E-state index < -0.39 is 17.2 Å². The maximum absolute atomic E-state index is 12.8. The number of alkyl halides is 1. The fourth-order valence-electron chi connectivity index (χ4n) is 1.01. The zero-order valence-electron chi connectivity index (χ0n) is 7.30. The van der Waals surface area contributed by atoms with Crippen LogP contribution in [0.15, 0.2) is 30.9 Å². The molecule has 0 aliphatic rings. The first-order valence-electron chi connectivity index (χ1n) is 3.91. The van der Waals surface area contributed by atoms with Gasteiger partial charge in [0.05, 0.1) is 5.88 Å². The second-order valence-corrected chi connectivity index (χ2v) is 3.16. The summed E-state index contributed by atoms with van der Waals surface area (Å²) in [5, 5.41) is 9.78. The van der Waals surface area contributed by atoms with Crippen molar-refractivity contribution < 1.29 is 13.9 Å². The molecule has 0 saturated carbocycles. The molecule has 1 aromatic carbocycles. The molecule has 4 heteroatoms. The molecular weight excluding hydrogens is 210 g/mol. The fraction of sp³-hybridized carbons (Fsp3) is 0.200. The number of rotatable bonds is 3. The molecule has 1 nitrogen and oxygen atoms in total. The predicted molar refractivity (Wildman–Crippen MR) is 51.2 cm³/mol. The maximum Gasteiger partial charge on any atom is 0.159 e. The molecular formula is C10H9ClF2O. The van der Waals surface area contributed by atoms with E-state index in [1.54, 1.807) is 0 Å². The van der Waals surface area contributed by atoms with Crippen LogP contribution in [0.1, 0.15) is 5.56 Å². The van der Waals surface area contributed by atoms with Crippen LogP contribution in [0, 0.1) is 11.6 Å². The van der Waals surface area contributed by atoms with Crippen LogP contribution in [0.4, 0.5) is 8.78 Å². The molecule has 1 aromatic rings. The SMILES string of the molecule is C=CC(O)(CCl)c1ccc(F)c(F)c1. The lowest BCUT2D eigenvalue weighted by Crippen LogP contribution is -2.24. The topological polar surface area (TPSA) is 20.2 Å². The van der Waals surface area contributed by atoms with Crippen molar-refractivity contribution in [3.05, 3.63) is 48.1 Å². The number of aliphatic hydroxyl groups is 1. The van der Waals surface area contributed by atoms with Crippen LogP contribution in [0.25, 0.3) is 0 Å². The lowest BCUT2D eigenvalue weighted by Gasteiger charge is -2.21. The van der Waals surface area contributed by atoms with E-state index >= 15 is 0 Å². The monoisotopic (exact) mass is 218 g/mol. The minimum Gasteiger partial charge on any atom is -0.380 e. The van der Waals surface area contributed by atoms with E-state index in [-0.39, 0.29) is 11.4 Å². The van der Waals surface area contributed by atoms with Gasteiger partial charge in [-0.15, -0.1) is 11.6 Å². The van der Waals surface area contributed by atoms with Gasteiger partial charge in [-0.2, -0.15) is 0 Å². The van der Waals surface area contributed by atoms with Gasteiger partial charge in [0.25, 0.3) is 0 Å². The van der Waals surface area contributed by atoms with Crippen LogP contribution in [0.5, 0.6) is 0 Å². The molecule has 14 heavy (non-hydrogen) atoms. The Balaban J connectivity index is 3.19. The molecule has 0 bridgehead atoms. The zero-order valence-corrected chi connectivity index (χ0v) is 8.06. The van der Waals surface area contributed by atoms with Gasteiger partial charge in [0.2, 0.25) is 0 Å². The summed E-state index contributed by atoms with van der Waals surface area (Å²) in [7, 11) is 0. The largest absolute Gasteiger partial charge is 0.380 e. The van der Waals surface area contributed by atoms with Crippen molar-refractivity contribution >= 4 is 11.6 Å². The van der Waals surface area contributed by atoms with E-state index in [1.807, 2.05) is 0 Å². The van der Waals surface area contributed by atoms with Gasteiger partial charge in [0.1, 0.15) is 5.60 Å². The van der Waals surface area contributed by atoms with Crippen molar-refractivity contribution in [2.75, 3.05) is 5.88 Å². The number of hydrogen-bond acceptors (Lipinski definition) is 1. The zero-order chi connectivity index (χ0) is 10.8. The Morgan fingerprint density at radius 3 is 2.50 bits per heavy atom. The van der Waals surface area contributed by atoms with Crippen LogP contribution in [-0.2, 0) is 5.60 Å². The van der Waals surface area contributed by atoms with Crippen LogP contribution in [-0.4, -0.2) is 11.0 Å². The fourth-order valence-corrected chi connectivity index (χ4v) is 1.28. The molecule has 1 unspecified atom stereocenters. The molecule has 0 heterocycles. The van der Waals surface area contributed by atoms with E-state index in [9.17, 15) is 13.9 Å². The Hall–Kier alpha value is -0.930. The minimum atomic E-state index is -1.52. The van der Waals surface area contributed by atoms with Gasteiger partial charge in [-0.05, 0) is 17.7 Å². The number of hydrogen-bond donors (Lipinski definition) is 1. The van der Waals surface area contributed by atoms with Crippen LogP contribution in [0.2, 0.25) is 0 Å². The summed E-state index contributed by atoms with van der Waals surface area (Å²) in [6.07, 6.45) is 1.19. The summed E-state index contributed by atoms with van der Waals surface area (Å²) in [4.78, 5) is 0. The first-order valence-corrected chi connectivity index (χ1v) is 4.44. The second kappa shape index (κ2) is 4.07. The molecule has 1 rings (SSSR count). The van der Waals surface area contributed by atoms with Crippen molar-refractivity contribution in [3.8, 4) is 0 Å². The molecule has 76 valence electrons. The van der Waals surface area contributed by atoms with Crippen molar-refractivity contribution in [3.63, 3.8) is 0 Å². The third-order valence-electron chi connectivity index (χ3n) is 1.96. The van der Waals surface area contributed by atoms with Gasteiger partial charge in [0.15, 0.2) is 11.6 Å². The van der Waals surface area contributed by atoms with Gasteiger partial charge < -0.3 is 5.11 Å². The second-order valence-electron chi connectivity index (χ2n) is 2.89. The van der Waals surface area contributed by atoms with Gasteiger partial charge in [-0.1, -0.05) is 18.7 Å². The standard InChI is InChI=1S/C10H9ClF2O/c1-2-10(14,6-11)7-3-4-8(12)9(13)5-7/h2-5,14H,1,6H2. The highest BCUT2D eigenvalue weighted by molar-refractivity contribution is 6.18. The molecule has 0 saturated heterocycles. The summed E-state index contributed by atoms with van der Waals surface area (Å²) in [5.74, 6) is -2.15. The van der Waals surface area contributed by atoms with Crippen LogP contribution < -0.4 is 0 Å². The Kier molecular flexibility index (Phi) is 3.24. The van der Waals surface area contributed by atoms with E-state index in [1.165, 1.54) is 12.1 Å². The Morgan fingerprint density at radius 2 is 2.07 bits per heavy atom. The van der Waals surface area contributed by atoms with Crippen molar-refractivity contribution in [1.82, 2.24) is 0 Å². The van der Waals surface area contributed by atoms with Gasteiger partial charge in [-0.25, -0.2) is 8.78 Å². The first-order chi connectivity index (χ1) is 6.53. The summed E-state index contributed by atoms with van der Waals surface area (Å²) < 4.78 is 25.4. The highest BCUT2D eigenvalue weighted by atomic mass is 35.5. The van der Waals surface area contributed by atoms with E-state index in [0.717, 1.165) is 12.1 Å². The van der Waals surface area contributed by atoms with Gasteiger partial charge in [0, 0.05) is 0 Å².